The molecule has 0 aliphatic carbocycles. The second-order valence-electron chi connectivity index (χ2n) is 14.3. The maximum atomic E-state index is 7.00. The number of hydrogen-bond donors (Lipinski definition) is 0. The molecule has 2 heterocycles. The molecule has 1 nitrogen and oxygen atoms in total. The van der Waals surface area contributed by atoms with Gasteiger partial charge in [0.05, 0.1) is 0 Å². The molecule has 0 bridgehead atoms. The average molecular weight is 703 g/mol. The summed E-state index contributed by atoms with van der Waals surface area (Å²) in [7, 11) is 0. The van der Waals surface area contributed by atoms with Crippen LogP contribution in [0.1, 0.15) is 0 Å². The Labute approximate surface area is 314 Å². The summed E-state index contributed by atoms with van der Waals surface area (Å²) in [6.07, 6.45) is 0. The van der Waals surface area contributed by atoms with Crippen LogP contribution >= 0.6 is 11.3 Å². The summed E-state index contributed by atoms with van der Waals surface area (Å²) >= 11 is 1.86. The molecule has 0 radical (unpaired) electrons. The van der Waals surface area contributed by atoms with Crippen molar-refractivity contribution in [2.24, 2.45) is 0 Å². The summed E-state index contributed by atoms with van der Waals surface area (Å²) in [5.41, 5.74) is 9.18. The van der Waals surface area contributed by atoms with Crippen molar-refractivity contribution < 1.29 is 4.42 Å². The van der Waals surface area contributed by atoms with Crippen molar-refractivity contribution in [3.05, 3.63) is 182 Å². The van der Waals surface area contributed by atoms with Crippen LogP contribution in [0.25, 0.3) is 119 Å². The summed E-state index contributed by atoms with van der Waals surface area (Å²) in [5.74, 6) is 0. The van der Waals surface area contributed by atoms with Crippen molar-refractivity contribution in [3.63, 3.8) is 0 Å². The summed E-state index contributed by atoms with van der Waals surface area (Å²) < 4.78 is 9.57. The van der Waals surface area contributed by atoms with Crippen LogP contribution in [0.3, 0.4) is 0 Å². The second-order valence-corrected chi connectivity index (χ2v) is 15.4. The maximum Gasteiger partial charge on any atom is 0.144 e. The Morgan fingerprint density at radius 2 is 0.870 bits per heavy atom. The van der Waals surface area contributed by atoms with Gasteiger partial charge in [-0.25, -0.2) is 0 Å². The van der Waals surface area contributed by atoms with Gasteiger partial charge in [0.2, 0.25) is 0 Å². The van der Waals surface area contributed by atoms with Gasteiger partial charge in [-0.1, -0.05) is 164 Å². The molecule has 0 spiro atoms. The fraction of sp³-hybridized carbons (Fsp3) is 0. The molecule has 12 rings (SSSR count). The van der Waals surface area contributed by atoms with E-state index in [-0.39, 0.29) is 0 Å². The van der Waals surface area contributed by atoms with Crippen molar-refractivity contribution in [2.45, 2.75) is 0 Å². The van der Waals surface area contributed by atoms with E-state index < -0.39 is 0 Å². The first-order valence-electron chi connectivity index (χ1n) is 18.5. The minimum absolute atomic E-state index is 0.945. The van der Waals surface area contributed by atoms with Crippen LogP contribution in [0, 0.1) is 0 Å². The molecule has 0 atom stereocenters. The molecular weight excluding hydrogens is 673 g/mol. The molecule has 0 aliphatic rings. The van der Waals surface area contributed by atoms with Crippen LogP contribution in [-0.2, 0) is 0 Å². The normalized spacial score (nSPS) is 12.1. The Bertz CT molecular complexity index is 3430. The molecule has 2 heteroatoms. The topological polar surface area (TPSA) is 13.1 Å². The fourth-order valence-corrected chi connectivity index (χ4v) is 10.2. The van der Waals surface area contributed by atoms with Gasteiger partial charge >= 0.3 is 0 Å². The van der Waals surface area contributed by atoms with Gasteiger partial charge in [-0.2, -0.15) is 0 Å². The number of furan rings is 1. The number of hydrogen-bond acceptors (Lipinski definition) is 2. The number of benzene rings is 10. The Morgan fingerprint density at radius 3 is 1.59 bits per heavy atom. The van der Waals surface area contributed by atoms with Crippen molar-refractivity contribution in [3.8, 4) is 33.4 Å². The molecule has 0 N–H and O–H groups in total. The van der Waals surface area contributed by atoms with Gasteiger partial charge in [-0.3, -0.25) is 0 Å². The molecule has 250 valence electrons. The average Bonchev–Trinajstić information content (AvgIpc) is 3.81. The first kappa shape index (κ1) is 29.8. The lowest BCUT2D eigenvalue weighted by Crippen LogP contribution is -1.91. The predicted molar refractivity (Wildman–Crippen MR) is 233 cm³/mol. The fourth-order valence-electron chi connectivity index (χ4n) is 9.09. The minimum Gasteiger partial charge on any atom is -0.455 e. The molecule has 0 fully saturated rings. The zero-order valence-electron chi connectivity index (χ0n) is 29.1. The van der Waals surface area contributed by atoms with E-state index in [1.165, 1.54) is 90.9 Å². The van der Waals surface area contributed by atoms with Gasteiger partial charge in [0.15, 0.2) is 0 Å². The quantitative estimate of drug-likeness (QED) is 0.167. The first-order valence-corrected chi connectivity index (χ1v) is 19.3. The third-order valence-corrected chi connectivity index (χ3v) is 12.6. The number of rotatable bonds is 3. The molecule has 54 heavy (non-hydrogen) atoms. The smallest absolute Gasteiger partial charge is 0.144 e. The van der Waals surface area contributed by atoms with Gasteiger partial charge in [0, 0.05) is 41.9 Å². The van der Waals surface area contributed by atoms with Crippen molar-refractivity contribution >= 4 is 96.5 Å². The standard InChI is InChI=1S/C52H30OS/c1-3-15-35-31(12-1)14-11-22-37(35)48-40-19-7-5-17-38(40)47(39-18-6-8-20-41(39)48)34-26-24-33(25-27-34)44-30-46-49(42-21-9-10-23-45(42)54-46)50-43-29-28-32-13-2-4-16-36(32)51(43)53-52(44)50/h1-30H. The SMILES string of the molecule is c1ccc2c(-c3c4ccccc4c(-c4ccc(-c5cc6sc7ccccc7c6c6c5oc5c7ccccc7ccc56)cc4)c4ccccc34)cccc2c1. The molecule has 0 amide bonds. The van der Waals surface area contributed by atoms with Crippen molar-refractivity contribution in [1.82, 2.24) is 0 Å². The molecule has 0 saturated carbocycles. The summed E-state index contributed by atoms with van der Waals surface area (Å²) in [4.78, 5) is 0. The molecule has 12 aromatic rings. The predicted octanol–water partition coefficient (Wildman–Crippen LogP) is 15.6. The van der Waals surface area contributed by atoms with E-state index in [0.29, 0.717) is 0 Å². The van der Waals surface area contributed by atoms with Crippen LogP contribution in [0.2, 0.25) is 0 Å². The minimum atomic E-state index is 0.945. The highest BCUT2D eigenvalue weighted by Crippen LogP contribution is 2.49. The Kier molecular flexibility index (Phi) is 6.28. The Balaban J connectivity index is 1.10. The van der Waals surface area contributed by atoms with Crippen LogP contribution in [-0.4, -0.2) is 0 Å². The van der Waals surface area contributed by atoms with E-state index in [1.807, 2.05) is 11.3 Å². The Morgan fingerprint density at radius 1 is 0.315 bits per heavy atom. The van der Waals surface area contributed by atoms with E-state index in [0.717, 1.165) is 27.7 Å². The lowest BCUT2D eigenvalue weighted by molar-refractivity contribution is 0.674. The van der Waals surface area contributed by atoms with Gasteiger partial charge in [0.25, 0.3) is 0 Å². The van der Waals surface area contributed by atoms with Crippen LogP contribution in [0.15, 0.2) is 186 Å². The van der Waals surface area contributed by atoms with E-state index in [1.54, 1.807) is 0 Å². The monoisotopic (exact) mass is 702 g/mol. The van der Waals surface area contributed by atoms with Gasteiger partial charge in [-0.05, 0) is 83.7 Å². The van der Waals surface area contributed by atoms with E-state index in [4.69, 9.17) is 4.42 Å². The van der Waals surface area contributed by atoms with Gasteiger partial charge < -0.3 is 4.42 Å². The second kappa shape index (κ2) is 11.4. The third kappa shape index (κ3) is 4.20. The largest absolute Gasteiger partial charge is 0.455 e. The first-order chi connectivity index (χ1) is 26.8. The zero-order valence-corrected chi connectivity index (χ0v) is 30.0. The summed E-state index contributed by atoms with van der Waals surface area (Å²) in [6, 6.07) is 66.6. The Hall–Kier alpha value is -6.74. The lowest BCUT2D eigenvalue weighted by atomic mass is 9.84. The highest BCUT2D eigenvalue weighted by atomic mass is 32.1. The molecule has 0 aliphatic heterocycles. The van der Waals surface area contributed by atoms with Crippen molar-refractivity contribution in [1.29, 1.82) is 0 Å². The van der Waals surface area contributed by atoms with Gasteiger partial charge in [-0.15, -0.1) is 11.3 Å². The highest BCUT2D eigenvalue weighted by molar-refractivity contribution is 7.26. The van der Waals surface area contributed by atoms with Crippen molar-refractivity contribution in [2.75, 3.05) is 0 Å². The highest BCUT2D eigenvalue weighted by Gasteiger charge is 2.22. The van der Waals surface area contributed by atoms with E-state index in [2.05, 4.69) is 182 Å². The van der Waals surface area contributed by atoms with Gasteiger partial charge in [0.1, 0.15) is 11.2 Å². The number of fused-ring (bicyclic) bond motifs is 12. The van der Waals surface area contributed by atoms with E-state index in [9.17, 15) is 0 Å². The summed E-state index contributed by atoms with van der Waals surface area (Å²) in [5, 5.41) is 14.8. The number of thiophene rings is 1. The molecular formula is C52H30OS. The van der Waals surface area contributed by atoms with Crippen LogP contribution < -0.4 is 0 Å². The summed E-state index contributed by atoms with van der Waals surface area (Å²) in [6.45, 7) is 0. The molecule has 2 aromatic heterocycles. The zero-order chi connectivity index (χ0) is 35.3. The lowest BCUT2D eigenvalue weighted by Gasteiger charge is -2.19. The third-order valence-electron chi connectivity index (χ3n) is 11.4. The van der Waals surface area contributed by atoms with E-state index >= 15 is 0 Å². The molecule has 10 aromatic carbocycles. The van der Waals surface area contributed by atoms with Crippen LogP contribution in [0.5, 0.6) is 0 Å². The molecule has 0 saturated heterocycles. The maximum absolute atomic E-state index is 7.00. The van der Waals surface area contributed by atoms with Crippen LogP contribution in [0.4, 0.5) is 0 Å². The molecule has 0 unspecified atom stereocenters.